The molecule has 0 fully saturated rings. The van der Waals surface area contributed by atoms with Gasteiger partial charge in [0.15, 0.2) is 0 Å². The van der Waals surface area contributed by atoms with E-state index in [0.29, 0.717) is 11.3 Å². The highest BCUT2D eigenvalue weighted by molar-refractivity contribution is 7.92. The van der Waals surface area contributed by atoms with Crippen molar-refractivity contribution < 1.29 is 8.42 Å². The zero-order chi connectivity index (χ0) is 20.8. The Kier molecular flexibility index (Phi) is 5.97. The predicted molar refractivity (Wildman–Crippen MR) is 120 cm³/mol. The number of aromatic nitrogens is 1. The van der Waals surface area contributed by atoms with Gasteiger partial charge in [0.2, 0.25) is 0 Å². The minimum absolute atomic E-state index is 0.234. The lowest BCUT2D eigenvalue weighted by Crippen LogP contribution is -2.13. The third-order valence-corrected chi connectivity index (χ3v) is 6.38. The first-order chi connectivity index (χ1) is 14.6. The fourth-order valence-corrected chi connectivity index (χ4v) is 4.49. The molecular formula is C25H22N2O2S. The monoisotopic (exact) mass is 414 g/mol. The smallest absolute Gasteiger partial charge is 0.261 e. The molecule has 0 bridgehead atoms. The molecule has 0 spiro atoms. The maximum Gasteiger partial charge on any atom is 0.261 e. The van der Waals surface area contributed by atoms with E-state index < -0.39 is 10.0 Å². The van der Waals surface area contributed by atoms with Gasteiger partial charge in [0, 0.05) is 23.5 Å². The van der Waals surface area contributed by atoms with Crippen LogP contribution in [0.2, 0.25) is 0 Å². The average Bonchev–Trinajstić information content (AvgIpc) is 2.80. The van der Waals surface area contributed by atoms with Crippen molar-refractivity contribution >= 4 is 21.3 Å². The van der Waals surface area contributed by atoms with Gasteiger partial charge in [-0.2, -0.15) is 0 Å². The van der Waals surface area contributed by atoms with Gasteiger partial charge in [-0.05, 0) is 73.2 Å². The molecular weight excluding hydrogens is 392 g/mol. The molecule has 150 valence electrons. The van der Waals surface area contributed by atoms with Crippen molar-refractivity contribution in [2.75, 3.05) is 4.72 Å². The molecule has 4 rings (SSSR count). The van der Waals surface area contributed by atoms with Gasteiger partial charge in [0.25, 0.3) is 10.0 Å². The molecule has 0 radical (unpaired) electrons. The topological polar surface area (TPSA) is 59.1 Å². The molecule has 4 nitrogen and oxygen atoms in total. The summed E-state index contributed by atoms with van der Waals surface area (Å²) in [6, 6.07) is 17.9. The Morgan fingerprint density at radius 3 is 2.47 bits per heavy atom. The van der Waals surface area contributed by atoms with Gasteiger partial charge in [0.05, 0.1) is 10.6 Å². The first-order valence-electron chi connectivity index (χ1n) is 9.95. The summed E-state index contributed by atoms with van der Waals surface area (Å²) in [6.07, 6.45) is 10.2. The molecule has 0 saturated carbocycles. The Labute approximate surface area is 177 Å². The van der Waals surface area contributed by atoms with Crippen molar-refractivity contribution in [3.05, 3.63) is 95.8 Å². The lowest BCUT2D eigenvalue weighted by molar-refractivity contribution is 0.601. The largest absolute Gasteiger partial charge is 0.278 e. The Hall–Kier alpha value is -3.36. The fraction of sp³-hybridized carbons (Fsp3) is 0.160. The number of allylic oxidation sites excluding steroid dienone is 2. The molecule has 1 aliphatic rings. The van der Waals surface area contributed by atoms with Crippen LogP contribution in [-0.2, 0) is 10.0 Å². The van der Waals surface area contributed by atoms with Gasteiger partial charge in [0.1, 0.15) is 0 Å². The van der Waals surface area contributed by atoms with Crippen LogP contribution in [0, 0.1) is 11.8 Å². The van der Waals surface area contributed by atoms with Crippen LogP contribution in [0.5, 0.6) is 0 Å². The van der Waals surface area contributed by atoms with Crippen LogP contribution in [0.15, 0.2) is 84.0 Å². The van der Waals surface area contributed by atoms with Gasteiger partial charge in [-0.3, -0.25) is 9.71 Å². The quantitative estimate of drug-likeness (QED) is 0.594. The second-order valence-corrected chi connectivity index (χ2v) is 8.82. The fourth-order valence-electron chi connectivity index (χ4n) is 3.41. The molecule has 0 unspecified atom stereocenters. The van der Waals surface area contributed by atoms with E-state index in [9.17, 15) is 8.42 Å². The Morgan fingerprint density at radius 1 is 0.900 bits per heavy atom. The lowest BCUT2D eigenvalue weighted by Gasteiger charge is -2.14. The molecule has 3 aromatic rings. The number of pyridine rings is 1. The summed E-state index contributed by atoms with van der Waals surface area (Å²) >= 11 is 0. The first-order valence-corrected chi connectivity index (χ1v) is 11.4. The van der Waals surface area contributed by atoms with Crippen LogP contribution in [0.25, 0.3) is 5.57 Å². The normalized spacial score (nSPS) is 13.7. The molecule has 2 aromatic carbocycles. The molecule has 1 aliphatic carbocycles. The summed E-state index contributed by atoms with van der Waals surface area (Å²) in [5.74, 6) is 6.05. The number of anilines is 1. The number of sulfonamides is 1. The van der Waals surface area contributed by atoms with E-state index in [1.807, 2.05) is 30.3 Å². The summed E-state index contributed by atoms with van der Waals surface area (Å²) in [6.45, 7) is 0. The number of benzene rings is 2. The van der Waals surface area contributed by atoms with Gasteiger partial charge < -0.3 is 0 Å². The zero-order valence-electron chi connectivity index (χ0n) is 16.5. The number of nitrogens with one attached hydrogen (secondary N) is 1. The van der Waals surface area contributed by atoms with E-state index in [4.69, 9.17) is 0 Å². The van der Waals surface area contributed by atoms with Crippen LogP contribution in [-0.4, -0.2) is 13.4 Å². The van der Waals surface area contributed by atoms with Crippen LogP contribution in [0.4, 0.5) is 5.69 Å². The molecule has 1 aromatic heterocycles. The Bertz CT molecular complexity index is 1220. The molecule has 30 heavy (non-hydrogen) atoms. The minimum Gasteiger partial charge on any atom is -0.278 e. The highest BCUT2D eigenvalue weighted by Gasteiger charge is 2.16. The summed E-state index contributed by atoms with van der Waals surface area (Å²) in [5.41, 5.74) is 4.22. The van der Waals surface area contributed by atoms with Crippen LogP contribution >= 0.6 is 0 Å². The van der Waals surface area contributed by atoms with Gasteiger partial charge >= 0.3 is 0 Å². The van der Waals surface area contributed by atoms with Crippen molar-refractivity contribution in [1.29, 1.82) is 0 Å². The first kappa shape index (κ1) is 19.9. The number of hydrogen-bond donors (Lipinski definition) is 1. The maximum atomic E-state index is 12.9. The number of rotatable bonds is 4. The second kappa shape index (κ2) is 8.98. The Balaban J connectivity index is 1.57. The SMILES string of the molecule is O=S(=O)(Nc1ccccc1C#Cc1cccnc1)c1ccc(C2=CCCCC2)cc1. The summed E-state index contributed by atoms with van der Waals surface area (Å²) < 4.78 is 28.5. The second-order valence-electron chi connectivity index (χ2n) is 7.14. The molecule has 0 saturated heterocycles. The van der Waals surface area contributed by atoms with Gasteiger partial charge in [-0.1, -0.05) is 42.2 Å². The molecule has 1 heterocycles. The molecule has 0 amide bonds. The Morgan fingerprint density at radius 2 is 1.73 bits per heavy atom. The van der Waals surface area contributed by atoms with E-state index >= 15 is 0 Å². The summed E-state index contributed by atoms with van der Waals surface area (Å²) in [5, 5.41) is 0. The zero-order valence-corrected chi connectivity index (χ0v) is 17.3. The molecule has 5 heteroatoms. The van der Waals surface area contributed by atoms with E-state index in [0.717, 1.165) is 24.0 Å². The van der Waals surface area contributed by atoms with Crippen molar-refractivity contribution in [3.63, 3.8) is 0 Å². The van der Waals surface area contributed by atoms with Gasteiger partial charge in [-0.25, -0.2) is 8.42 Å². The van der Waals surface area contributed by atoms with Crippen molar-refractivity contribution in [2.45, 2.75) is 30.6 Å². The summed E-state index contributed by atoms with van der Waals surface area (Å²) in [4.78, 5) is 4.28. The predicted octanol–water partition coefficient (Wildman–Crippen LogP) is 5.24. The van der Waals surface area contributed by atoms with E-state index in [-0.39, 0.29) is 4.90 Å². The van der Waals surface area contributed by atoms with E-state index in [1.165, 1.54) is 18.4 Å². The standard InChI is InChI=1S/C25H22N2O2S/c28-30(29,24-16-14-22(15-17-24)21-8-2-1-3-9-21)27-25-11-5-4-10-23(25)13-12-20-7-6-18-26-19-20/h4-8,10-11,14-19,27H,1-3,9H2. The van der Waals surface area contributed by atoms with Crippen LogP contribution in [0.1, 0.15) is 42.4 Å². The third-order valence-electron chi connectivity index (χ3n) is 5.00. The molecule has 1 N–H and O–H groups in total. The minimum atomic E-state index is -3.72. The maximum absolute atomic E-state index is 12.9. The third kappa shape index (κ3) is 4.79. The van der Waals surface area contributed by atoms with Crippen molar-refractivity contribution in [3.8, 4) is 11.8 Å². The van der Waals surface area contributed by atoms with Crippen LogP contribution in [0.3, 0.4) is 0 Å². The van der Waals surface area contributed by atoms with E-state index in [1.54, 1.807) is 42.7 Å². The average molecular weight is 415 g/mol. The lowest BCUT2D eigenvalue weighted by atomic mass is 9.94. The van der Waals surface area contributed by atoms with Crippen LogP contribution < -0.4 is 4.72 Å². The summed E-state index contributed by atoms with van der Waals surface area (Å²) in [7, 11) is -3.72. The highest BCUT2D eigenvalue weighted by Crippen LogP contribution is 2.28. The van der Waals surface area contributed by atoms with E-state index in [2.05, 4.69) is 27.6 Å². The van der Waals surface area contributed by atoms with Crippen molar-refractivity contribution in [2.24, 2.45) is 0 Å². The highest BCUT2D eigenvalue weighted by atomic mass is 32.2. The number of hydrogen-bond acceptors (Lipinski definition) is 3. The van der Waals surface area contributed by atoms with Crippen molar-refractivity contribution in [1.82, 2.24) is 4.98 Å². The number of nitrogens with zero attached hydrogens (tertiary/aromatic N) is 1. The number of para-hydroxylation sites is 1. The van der Waals surface area contributed by atoms with Gasteiger partial charge in [-0.15, -0.1) is 0 Å². The molecule has 0 aliphatic heterocycles. The molecule has 0 atom stereocenters.